The number of hydrogen-bond donors (Lipinski definition) is 0. The van der Waals surface area contributed by atoms with Gasteiger partial charge in [0.25, 0.3) is 0 Å². The number of carbonyl (C=O) groups is 1. The third-order valence-corrected chi connectivity index (χ3v) is 2.78. The maximum Gasteiger partial charge on any atom is 0.308 e. The number of halogens is 2. The average Bonchev–Trinajstić information content (AvgIpc) is 2.23. The van der Waals surface area contributed by atoms with Crippen LogP contribution < -0.4 is 4.74 Å². The molecule has 3 nitrogen and oxygen atoms in total. The number of hydrogen-bond acceptors (Lipinski definition) is 3. The van der Waals surface area contributed by atoms with Gasteiger partial charge in [-0.05, 0) is 18.2 Å². The molecule has 0 amide bonds. The number of aromatic nitrogens is 1. The second kappa shape index (κ2) is 4.28. The van der Waals surface area contributed by atoms with Crippen LogP contribution in [0.2, 0.25) is 10.0 Å². The minimum atomic E-state index is -0.384. The largest absolute Gasteiger partial charge is 0.427 e. The summed E-state index contributed by atoms with van der Waals surface area (Å²) in [6.07, 6.45) is 1.48. The lowest BCUT2D eigenvalue weighted by Gasteiger charge is -2.05. The van der Waals surface area contributed by atoms with Crippen molar-refractivity contribution in [2.24, 2.45) is 0 Å². The van der Waals surface area contributed by atoms with E-state index in [2.05, 4.69) is 4.98 Å². The van der Waals surface area contributed by atoms with Crippen molar-refractivity contribution in [2.45, 2.75) is 6.92 Å². The van der Waals surface area contributed by atoms with Crippen molar-refractivity contribution < 1.29 is 9.53 Å². The number of rotatable bonds is 1. The Kier molecular flexibility index (Phi) is 2.99. The molecule has 0 aliphatic carbocycles. The smallest absolute Gasteiger partial charge is 0.308 e. The molecule has 0 radical (unpaired) electrons. The van der Waals surface area contributed by atoms with Gasteiger partial charge in [-0.3, -0.25) is 9.78 Å². The van der Waals surface area contributed by atoms with Crippen LogP contribution in [0.4, 0.5) is 0 Å². The third-order valence-electron chi connectivity index (χ3n) is 1.99. The molecule has 1 heterocycles. The maximum absolute atomic E-state index is 10.8. The van der Waals surface area contributed by atoms with E-state index in [9.17, 15) is 4.79 Å². The molecule has 0 N–H and O–H groups in total. The summed E-state index contributed by atoms with van der Waals surface area (Å²) < 4.78 is 4.95. The van der Waals surface area contributed by atoms with Crippen molar-refractivity contribution in [3.05, 3.63) is 34.4 Å². The summed E-state index contributed by atoms with van der Waals surface area (Å²) in [5, 5.41) is 1.43. The number of pyridine rings is 1. The summed E-state index contributed by atoms with van der Waals surface area (Å²) in [7, 11) is 0. The quantitative estimate of drug-likeness (QED) is 0.579. The van der Waals surface area contributed by atoms with Crippen molar-refractivity contribution in [2.75, 3.05) is 0 Å². The highest BCUT2D eigenvalue weighted by molar-refractivity contribution is 6.45. The molecule has 5 heteroatoms. The molecule has 0 unspecified atom stereocenters. The molecule has 0 spiro atoms. The van der Waals surface area contributed by atoms with Crippen molar-refractivity contribution in [1.29, 1.82) is 0 Å². The van der Waals surface area contributed by atoms with Gasteiger partial charge in [-0.25, -0.2) is 0 Å². The van der Waals surface area contributed by atoms with Gasteiger partial charge in [0.1, 0.15) is 5.75 Å². The van der Waals surface area contributed by atoms with E-state index in [0.717, 1.165) is 0 Å². The zero-order chi connectivity index (χ0) is 11.7. The lowest BCUT2D eigenvalue weighted by Crippen LogP contribution is -2.01. The Labute approximate surface area is 102 Å². The number of nitrogens with zero attached hydrogens (tertiary/aromatic N) is 1. The second-order valence-electron chi connectivity index (χ2n) is 3.19. The monoisotopic (exact) mass is 255 g/mol. The molecule has 0 atom stereocenters. The van der Waals surface area contributed by atoms with E-state index >= 15 is 0 Å². The lowest BCUT2D eigenvalue weighted by molar-refractivity contribution is -0.131. The summed E-state index contributed by atoms with van der Waals surface area (Å²) >= 11 is 11.9. The molecular weight excluding hydrogens is 249 g/mol. The zero-order valence-corrected chi connectivity index (χ0v) is 9.84. The van der Waals surface area contributed by atoms with Gasteiger partial charge in [0.15, 0.2) is 0 Å². The highest BCUT2D eigenvalue weighted by Crippen LogP contribution is 2.31. The van der Waals surface area contributed by atoms with Gasteiger partial charge in [0, 0.05) is 18.5 Å². The highest BCUT2D eigenvalue weighted by atomic mass is 35.5. The van der Waals surface area contributed by atoms with Crippen molar-refractivity contribution in [1.82, 2.24) is 4.98 Å². The first-order chi connectivity index (χ1) is 7.58. The van der Waals surface area contributed by atoms with E-state index in [0.29, 0.717) is 26.7 Å². The summed E-state index contributed by atoms with van der Waals surface area (Å²) in [6.45, 7) is 1.34. The molecule has 0 aliphatic rings. The molecule has 1 aromatic carbocycles. The highest BCUT2D eigenvalue weighted by Gasteiger charge is 2.07. The SMILES string of the molecule is CC(=O)Oc1ccc2ncc(Cl)c(Cl)c2c1. The van der Waals surface area contributed by atoms with Gasteiger partial charge < -0.3 is 4.74 Å². The van der Waals surface area contributed by atoms with E-state index in [1.165, 1.54) is 13.1 Å². The fourth-order valence-corrected chi connectivity index (χ4v) is 1.70. The first kappa shape index (κ1) is 11.2. The van der Waals surface area contributed by atoms with Crippen LogP contribution in [-0.4, -0.2) is 11.0 Å². The molecule has 2 aromatic rings. The first-order valence-corrected chi connectivity index (χ1v) is 5.25. The minimum Gasteiger partial charge on any atom is -0.427 e. The Morgan fingerprint density at radius 1 is 1.38 bits per heavy atom. The number of benzene rings is 1. The molecule has 16 heavy (non-hydrogen) atoms. The van der Waals surface area contributed by atoms with Crippen LogP contribution in [0, 0.1) is 0 Å². The van der Waals surface area contributed by atoms with E-state index in [4.69, 9.17) is 27.9 Å². The topological polar surface area (TPSA) is 39.2 Å². The van der Waals surface area contributed by atoms with Gasteiger partial charge in [-0.2, -0.15) is 0 Å². The molecule has 0 saturated heterocycles. The van der Waals surface area contributed by atoms with E-state index in [1.807, 2.05) is 0 Å². The van der Waals surface area contributed by atoms with Gasteiger partial charge in [-0.15, -0.1) is 0 Å². The zero-order valence-electron chi connectivity index (χ0n) is 8.33. The fraction of sp³-hybridized carbons (Fsp3) is 0.0909. The predicted molar refractivity (Wildman–Crippen MR) is 63.1 cm³/mol. The molecular formula is C11H7Cl2NO2. The van der Waals surface area contributed by atoms with Crippen molar-refractivity contribution in [3.63, 3.8) is 0 Å². The summed E-state index contributed by atoms with van der Waals surface area (Å²) in [4.78, 5) is 14.9. The van der Waals surface area contributed by atoms with Crippen LogP contribution in [-0.2, 0) is 4.79 Å². The lowest BCUT2D eigenvalue weighted by atomic mass is 10.2. The minimum absolute atomic E-state index is 0.370. The van der Waals surface area contributed by atoms with Crippen molar-refractivity contribution in [3.8, 4) is 5.75 Å². The van der Waals surface area contributed by atoms with Crippen LogP contribution in [0.1, 0.15) is 6.92 Å². The number of ether oxygens (including phenoxy) is 1. The Morgan fingerprint density at radius 3 is 2.81 bits per heavy atom. The Hall–Kier alpha value is -1.32. The van der Waals surface area contributed by atoms with Crippen LogP contribution >= 0.6 is 23.2 Å². The second-order valence-corrected chi connectivity index (χ2v) is 3.98. The fourth-order valence-electron chi connectivity index (χ4n) is 1.34. The standard InChI is InChI=1S/C11H7Cl2NO2/c1-6(15)16-7-2-3-10-8(4-7)11(13)9(12)5-14-10/h2-5H,1H3. The normalized spacial score (nSPS) is 10.4. The summed E-state index contributed by atoms with van der Waals surface area (Å²) in [6, 6.07) is 5.01. The van der Waals surface area contributed by atoms with Crippen LogP contribution in [0.5, 0.6) is 5.75 Å². The molecule has 2 rings (SSSR count). The van der Waals surface area contributed by atoms with E-state index < -0.39 is 0 Å². The summed E-state index contributed by atoms with van der Waals surface area (Å²) in [5.74, 6) is 0.0384. The summed E-state index contributed by atoms with van der Waals surface area (Å²) in [5.41, 5.74) is 0.699. The molecule has 0 fully saturated rings. The molecule has 0 saturated carbocycles. The third kappa shape index (κ3) is 2.10. The van der Waals surface area contributed by atoms with Gasteiger partial charge >= 0.3 is 5.97 Å². The van der Waals surface area contributed by atoms with Gasteiger partial charge in [0.2, 0.25) is 0 Å². The Bertz CT molecular complexity index is 569. The van der Waals surface area contributed by atoms with Gasteiger partial charge in [-0.1, -0.05) is 23.2 Å². The maximum atomic E-state index is 10.8. The Balaban J connectivity index is 2.59. The first-order valence-electron chi connectivity index (χ1n) is 4.50. The number of carbonyl (C=O) groups excluding carboxylic acids is 1. The average molecular weight is 256 g/mol. The van der Waals surface area contributed by atoms with Crippen LogP contribution in [0.25, 0.3) is 10.9 Å². The molecule has 82 valence electrons. The predicted octanol–water partition coefficient (Wildman–Crippen LogP) is 3.47. The molecule has 0 aliphatic heterocycles. The van der Waals surface area contributed by atoms with Gasteiger partial charge in [0.05, 0.1) is 15.6 Å². The Morgan fingerprint density at radius 2 is 2.12 bits per heavy atom. The molecule has 1 aromatic heterocycles. The van der Waals surface area contributed by atoms with E-state index in [-0.39, 0.29) is 5.97 Å². The van der Waals surface area contributed by atoms with Crippen LogP contribution in [0.3, 0.4) is 0 Å². The van der Waals surface area contributed by atoms with E-state index in [1.54, 1.807) is 18.2 Å². The number of esters is 1. The van der Waals surface area contributed by atoms with Crippen LogP contribution in [0.15, 0.2) is 24.4 Å². The molecule has 0 bridgehead atoms. The van der Waals surface area contributed by atoms with Crippen molar-refractivity contribution >= 4 is 40.1 Å². The number of fused-ring (bicyclic) bond motifs is 1.